The molecule has 0 heterocycles. The second kappa shape index (κ2) is 6.93. The van der Waals surface area contributed by atoms with Gasteiger partial charge in [0, 0.05) is 5.69 Å². The predicted octanol–water partition coefficient (Wildman–Crippen LogP) is 2.92. The first-order valence-electron chi connectivity index (χ1n) is 6.73. The van der Waals surface area contributed by atoms with Crippen molar-refractivity contribution in [1.29, 1.82) is 0 Å². The normalized spacial score (nSPS) is 13.4. The van der Waals surface area contributed by atoms with E-state index in [4.69, 9.17) is 5.11 Å². The summed E-state index contributed by atoms with van der Waals surface area (Å²) in [7, 11) is 0. The molecule has 5 heteroatoms. The summed E-state index contributed by atoms with van der Waals surface area (Å²) in [6.45, 7) is 7.56. The van der Waals surface area contributed by atoms with Crippen molar-refractivity contribution in [3.8, 4) is 0 Å². The van der Waals surface area contributed by atoms with Crippen LogP contribution in [-0.2, 0) is 4.79 Å². The molecular formula is C15H22N2O3. The van der Waals surface area contributed by atoms with Gasteiger partial charge >= 0.3 is 12.0 Å². The molecule has 20 heavy (non-hydrogen) atoms. The van der Waals surface area contributed by atoms with E-state index in [1.54, 1.807) is 13.0 Å². The lowest BCUT2D eigenvalue weighted by atomic mass is 9.99. The van der Waals surface area contributed by atoms with E-state index in [1.807, 2.05) is 32.9 Å². The zero-order valence-electron chi connectivity index (χ0n) is 12.4. The third-order valence-corrected chi connectivity index (χ3v) is 3.62. The fraction of sp³-hybridized carbons (Fsp3) is 0.467. The number of carbonyl (C=O) groups excluding carboxylic acids is 1. The van der Waals surface area contributed by atoms with Crippen LogP contribution in [0.15, 0.2) is 18.2 Å². The fourth-order valence-corrected chi connectivity index (χ4v) is 1.87. The third-order valence-electron chi connectivity index (χ3n) is 3.62. The summed E-state index contributed by atoms with van der Waals surface area (Å²) in [5.74, 6) is -1.15. The minimum Gasteiger partial charge on any atom is -0.480 e. The van der Waals surface area contributed by atoms with Gasteiger partial charge in [-0.25, -0.2) is 9.59 Å². The molecule has 0 saturated carbocycles. The molecule has 1 aromatic carbocycles. The Kier molecular flexibility index (Phi) is 5.55. The molecule has 0 spiro atoms. The first-order chi connectivity index (χ1) is 9.36. The minimum absolute atomic E-state index is 0.128. The molecule has 3 N–H and O–H groups in total. The van der Waals surface area contributed by atoms with Crippen molar-refractivity contribution in [2.45, 2.75) is 40.2 Å². The predicted molar refractivity (Wildman–Crippen MR) is 78.9 cm³/mol. The van der Waals surface area contributed by atoms with Gasteiger partial charge in [-0.15, -0.1) is 0 Å². The van der Waals surface area contributed by atoms with E-state index >= 15 is 0 Å². The Morgan fingerprint density at radius 2 is 1.95 bits per heavy atom. The maximum atomic E-state index is 11.9. The summed E-state index contributed by atoms with van der Waals surface area (Å²) < 4.78 is 0. The number of benzene rings is 1. The SMILES string of the molecule is CC[C@H](C)[C@H](NC(=O)Nc1cccc(C)c1C)C(=O)O. The quantitative estimate of drug-likeness (QED) is 0.775. The van der Waals surface area contributed by atoms with Gasteiger partial charge in [-0.05, 0) is 37.0 Å². The van der Waals surface area contributed by atoms with Crippen LogP contribution in [0.2, 0.25) is 0 Å². The largest absolute Gasteiger partial charge is 0.480 e. The molecule has 0 unspecified atom stereocenters. The summed E-state index contributed by atoms with van der Waals surface area (Å²) in [6.07, 6.45) is 0.681. The van der Waals surface area contributed by atoms with Gasteiger partial charge in [-0.3, -0.25) is 0 Å². The number of aryl methyl sites for hydroxylation is 1. The third kappa shape index (κ3) is 3.98. The van der Waals surface area contributed by atoms with Crippen LogP contribution in [0.5, 0.6) is 0 Å². The van der Waals surface area contributed by atoms with E-state index in [9.17, 15) is 9.59 Å². The number of rotatable bonds is 5. The number of hydrogen-bond donors (Lipinski definition) is 3. The highest BCUT2D eigenvalue weighted by atomic mass is 16.4. The number of anilines is 1. The molecule has 1 rings (SSSR count). The summed E-state index contributed by atoms with van der Waals surface area (Å²) >= 11 is 0. The summed E-state index contributed by atoms with van der Waals surface area (Å²) in [4.78, 5) is 23.1. The smallest absolute Gasteiger partial charge is 0.326 e. The Bertz CT molecular complexity index is 500. The van der Waals surface area contributed by atoms with Crippen LogP contribution >= 0.6 is 0 Å². The van der Waals surface area contributed by atoms with Crippen LogP contribution in [0.4, 0.5) is 10.5 Å². The Morgan fingerprint density at radius 3 is 2.50 bits per heavy atom. The van der Waals surface area contributed by atoms with Crippen LogP contribution < -0.4 is 10.6 Å². The average Bonchev–Trinajstić information content (AvgIpc) is 2.40. The highest BCUT2D eigenvalue weighted by Crippen LogP contribution is 2.18. The molecule has 110 valence electrons. The second-order valence-corrected chi connectivity index (χ2v) is 5.05. The zero-order valence-corrected chi connectivity index (χ0v) is 12.4. The van der Waals surface area contributed by atoms with Crippen molar-refractivity contribution < 1.29 is 14.7 Å². The zero-order chi connectivity index (χ0) is 15.3. The van der Waals surface area contributed by atoms with Gasteiger partial charge < -0.3 is 15.7 Å². The highest BCUT2D eigenvalue weighted by Gasteiger charge is 2.25. The summed E-state index contributed by atoms with van der Waals surface area (Å²) in [6, 6.07) is 4.22. The van der Waals surface area contributed by atoms with E-state index in [0.29, 0.717) is 12.1 Å². The molecule has 2 amide bonds. The van der Waals surface area contributed by atoms with Gasteiger partial charge in [0.1, 0.15) is 6.04 Å². The number of hydrogen-bond acceptors (Lipinski definition) is 2. The van der Waals surface area contributed by atoms with Gasteiger partial charge in [0.15, 0.2) is 0 Å². The monoisotopic (exact) mass is 278 g/mol. The Morgan fingerprint density at radius 1 is 1.30 bits per heavy atom. The summed E-state index contributed by atoms with van der Waals surface area (Å²) in [5.41, 5.74) is 2.73. The Hall–Kier alpha value is -2.04. The molecule has 2 atom stereocenters. The van der Waals surface area contributed by atoms with Crippen molar-refractivity contribution in [2.75, 3.05) is 5.32 Å². The van der Waals surface area contributed by atoms with Crippen molar-refractivity contribution in [3.63, 3.8) is 0 Å². The van der Waals surface area contributed by atoms with Crippen LogP contribution in [0.25, 0.3) is 0 Å². The Balaban J connectivity index is 2.76. The van der Waals surface area contributed by atoms with Crippen molar-refractivity contribution in [2.24, 2.45) is 5.92 Å². The molecule has 0 aromatic heterocycles. The molecular weight excluding hydrogens is 256 g/mol. The lowest BCUT2D eigenvalue weighted by Gasteiger charge is -2.20. The number of urea groups is 1. The first-order valence-corrected chi connectivity index (χ1v) is 6.73. The number of carboxylic acid groups (broad SMARTS) is 1. The maximum absolute atomic E-state index is 11.9. The summed E-state index contributed by atoms with van der Waals surface area (Å²) in [5, 5.41) is 14.4. The standard InChI is InChI=1S/C15H22N2O3/c1-5-9(2)13(14(18)19)17-15(20)16-12-8-6-7-10(3)11(12)4/h6-9,13H,5H2,1-4H3,(H,18,19)(H2,16,17,20)/t9-,13-/m0/s1. The molecule has 0 aliphatic heterocycles. The Labute approximate surface area is 119 Å². The number of aliphatic carboxylic acids is 1. The molecule has 0 radical (unpaired) electrons. The molecule has 1 aromatic rings. The number of nitrogens with one attached hydrogen (secondary N) is 2. The number of carboxylic acids is 1. The van der Waals surface area contributed by atoms with Crippen molar-refractivity contribution in [3.05, 3.63) is 29.3 Å². The van der Waals surface area contributed by atoms with Crippen LogP contribution in [0.3, 0.4) is 0 Å². The van der Waals surface area contributed by atoms with Crippen molar-refractivity contribution >= 4 is 17.7 Å². The first kappa shape index (κ1) is 16.0. The minimum atomic E-state index is -1.02. The second-order valence-electron chi connectivity index (χ2n) is 5.05. The molecule has 0 bridgehead atoms. The molecule has 0 aliphatic rings. The van der Waals surface area contributed by atoms with E-state index in [-0.39, 0.29) is 5.92 Å². The van der Waals surface area contributed by atoms with Crippen LogP contribution in [-0.4, -0.2) is 23.1 Å². The highest BCUT2D eigenvalue weighted by molar-refractivity contribution is 5.93. The van der Waals surface area contributed by atoms with Crippen LogP contribution in [0, 0.1) is 19.8 Å². The van der Waals surface area contributed by atoms with Crippen molar-refractivity contribution in [1.82, 2.24) is 5.32 Å². The molecule has 0 aliphatic carbocycles. The van der Waals surface area contributed by atoms with E-state index in [2.05, 4.69) is 10.6 Å². The molecule has 5 nitrogen and oxygen atoms in total. The molecule has 0 saturated heterocycles. The number of amides is 2. The molecule has 0 fully saturated rings. The van der Waals surface area contributed by atoms with Gasteiger partial charge in [0.05, 0.1) is 0 Å². The van der Waals surface area contributed by atoms with E-state index < -0.39 is 18.0 Å². The van der Waals surface area contributed by atoms with Gasteiger partial charge in [-0.2, -0.15) is 0 Å². The lowest BCUT2D eigenvalue weighted by Crippen LogP contribution is -2.46. The lowest BCUT2D eigenvalue weighted by molar-refractivity contribution is -0.140. The fourth-order valence-electron chi connectivity index (χ4n) is 1.87. The topological polar surface area (TPSA) is 78.4 Å². The number of carbonyl (C=O) groups is 2. The maximum Gasteiger partial charge on any atom is 0.326 e. The van der Waals surface area contributed by atoms with Gasteiger partial charge in [0.25, 0.3) is 0 Å². The van der Waals surface area contributed by atoms with Gasteiger partial charge in [0.2, 0.25) is 0 Å². The van der Waals surface area contributed by atoms with Crippen LogP contribution in [0.1, 0.15) is 31.4 Å². The van der Waals surface area contributed by atoms with E-state index in [1.165, 1.54) is 0 Å². The average molecular weight is 278 g/mol. The van der Waals surface area contributed by atoms with E-state index in [0.717, 1.165) is 11.1 Å². The van der Waals surface area contributed by atoms with Gasteiger partial charge in [-0.1, -0.05) is 32.4 Å².